The third-order valence-corrected chi connectivity index (χ3v) is 7.12. The van der Waals surface area contributed by atoms with Crippen LogP contribution in [0.3, 0.4) is 0 Å². The number of morpholine rings is 1. The van der Waals surface area contributed by atoms with Gasteiger partial charge in [-0.2, -0.15) is 23.3 Å². The molecule has 0 bridgehead atoms. The van der Waals surface area contributed by atoms with Crippen molar-refractivity contribution in [3.63, 3.8) is 0 Å². The van der Waals surface area contributed by atoms with Crippen LogP contribution in [0.2, 0.25) is 0 Å². The topological polar surface area (TPSA) is 100 Å². The van der Waals surface area contributed by atoms with Crippen LogP contribution >= 0.6 is 12.8 Å². The van der Waals surface area contributed by atoms with Crippen molar-refractivity contribution < 1.29 is 22.7 Å². The second-order valence-corrected chi connectivity index (χ2v) is 10.0. The molecule has 1 fully saturated rings. The van der Waals surface area contributed by atoms with Crippen molar-refractivity contribution in [2.45, 2.75) is 13.1 Å². The van der Waals surface area contributed by atoms with E-state index in [2.05, 4.69) is 43.4 Å². The van der Waals surface area contributed by atoms with E-state index in [1.165, 1.54) is 12.1 Å². The summed E-state index contributed by atoms with van der Waals surface area (Å²) in [4.78, 5) is 24.2. The van der Waals surface area contributed by atoms with E-state index in [0.29, 0.717) is 35.1 Å². The first-order chi connectivity index (χ1) is 19.6. The van der Waals surface area contributed by atoms with Crippen molar-refractivity contribution in [2.75, 3.05) is 54.3 Å². The second kappa shape index (κ2) is 11.9. The molecule has 2 aromatic heterocycles. The fraction of sp³-hybridized carbons (Fsp3) is 0.333. The molecule has 2 amide bonds. The Hall–Kier alpha value is -3.88. The number of thiol groups is 1. The van der Waals surface area contributed by atoms with Gasteiger partial charge >= 0.3 is 12.2 Å². The van der Waals surface area contributed by atoms with Gasteiger partial charge in [-0.25, -0.2) is 18.8 Å². The summed E-state index contributed by atoms with van der Waals surface area (Å²) in [5, 5.41) is 11.1. The molecule has 0 saturated carbocycles. The summed E-state index contributed by atoms with van der Waals surface area (Å²) in [5.41, 5.74) is 2.45. The lowest BCUT2D eigenvalue weighted by Crippen LogP contribution is -2.39. The molecule has 2 aromatic carbocycles. The molecule has 0 radical (unpaired) electrons. The number of fused-ring (bicyclic) bond motifs is 1. The predicted molar refractivity (Wildman–Crippen MR) is 154 cm³/mol. The highest BCUT2D eigenvalue weighted by molar-refractivity contribution is 7.82. The molecule has 3 heterocycles. The van der Waals surface area contributed by atoms with Gasteiger partial charge in [0.1, 0.15) is 5.69 Å². The first kappa shape index (κ1) is 28.6. The summed E-state index contributed by atoms with van der Waals surface area (Å²) in [6.45, 7) is 6.70. The number of ether oxygens (including phenoxy) is 1. The average Bonchev–Trinajstić information content (AvgIpc) is 3.28. The Morgan fingerprint density at radius 2 is 1.95 bits per heavy atom. The third-order valence-electron chi connectivity index (χ3n) is 6.73. The average molecular weight is 587 g/mol. The van der Waals surface area contributed by atoms with Crippen LogP contribution in [0.15, 0.2) is 48.7 Å². The fourth-order valence-electron chi connectivity index (χ4n) is 4.59. The number of halogens is 3. The van der Waals surface area contributed by atoms with Gasteiger partial charge in [0, 0.05) is 50.7 Å². The van der Waals surface area contributed by atoms with Crippen LogP contribution in [0.1, 0.15) is 11.1 Å². The van der Waals surface area contributed by atoms with Crippen molar-refractivity contribution >= 4 is 47.2 Å². The number of nitrogens with one attached hydrogen (secondary N) is 2. The zero-order chi connectivity index (χ0) is 29.1. The molecule has 10 nitrogen and oxygen atoms in total. The number of benzene rings is 2. The summed E-state index contributed by atoms with van der Waals surface area (Å²) in [5.74, 6) is 0.518. The first-order valence-electron chi connectivity index (χ1n) is 12.9. The van der Waals surface area contributed by atoms with Crippen LogP contribution in [0.25, 0.3) is 22.3 Å². The van der Waals surface area contributed by atoms with Crippen LogP contribution in [-0.4, -0.2) is 70.1 Å². The first-order valence-corrected chi connectivity index (χ1v) is 13.3. The van der Waals surface area contributed by atoms with Gasteiger partial charge in [-0.05, 0) is 42.8 Å². The third kappa shape index (κ3) is 6.55. The molecular formula is C27H29F3N8O2S. The maximum absolute atomic E-state index is 13.0. The number of anilines is 3. The molecule has 0 aliphatic carbocycles. The largest absolute Gasteiger partial charge is 0.416 e. The summed E-state index contributed by atoms with van der Waals surface area (Å²) in [7, 11) is 1.81. The van der Waals surface area contributed by atoms with Crippen LogP contribution < -0.4 is 14.9 Å². The van der Waals surface area contributed by atoms with Crippen LogP contribution in [0.4, 0.5) is 35.3 Å². The number of urea groups is 1. The highest BCUT2D eigenvalue weighted by Crippen LogP contribution is 2.33. The van der Waals surface area contributed by atoms with Crippen molar-refractivity contribution in [1.82, 2.24) is 24.6 Å². The predicted octanol–water partition coefficient (Wildman–Crippen LogP) is 4.98. The molecule has 5 rings (SSSR count). The van der Waals surface area contributed by atoms with E-state index in [4.69, 9.17) is 4.74 Å². The fourth-order valence-corrected chi connectivity index (χ4v) is 4.86. The van der Waals surface area contributed by atoms with Crippen molar-refractivity contribution in [1.29, 1.82) is 0 Å². The summed E-state index contributed by atoms with van der Waals surface area (Å²) < 4.78 is 47.2. The molecule has 41 heavy (non-hydrogen) atoms. The number of aryl methyl sites for hydroxylation is 2. The van der Waals surface area contributed by atoms with E-state index < -0.39 is 17.8 Å². The van der Waals surface area contributed by atoms with Gasteiger partial charge in [0.05, 0.1) is 29.9 Å². The van der Waals surface area contributed by atoms with Gasteiger partial charge in [0.25, 0.3) is 0 Å². The number of rotatable bonds is 7. The number of aromatic nitrogens is 4. The molecule has 2 N–H and O–H groups in total. The van der Waals surface area contributed by atoms with E-state index in [-0.39, 0.29) is 5.69 Å². The normalized spacial score (nSPS) is 14.3. The van der Waals surface area contributed by atoms with Gasteiger partial charge in [0.15, 0.2) is 5.65 Å². The Balaban J connectivity index is 1.29. The van der Waals surface area contributed by atoms with Crippen molar-refractivity contribution in [3.8, 4) is 11.3 Å². The standard InChI is InChI=1S/C27H29F3N8O2S/c1-17-14-18(6-7-22(17)38(41)26(39)33-20-5-3-4-19(15-20)27(28,29)30)23-21-16-32-25(34-24(21)36(2)35-23)31-8-9-37-10-12-40-13-11-37/h3-7,14-16,41H,8-13H2,1-2H3,(H,33,39)(H,31,32,34). The summed E-state index contributed by atoms with van der Waals surface area (Å²) >= 11 is 4.30. The second-order valence-electron chi connectivity index (χ2n) is 9.61. The maximum atomic E-state index is 13.0. The van der Waals surface area contributed by atoms with E-state index in [1.807, 2.05) is 13.1 Å². The highest BCUT2D eigenvalue weighted by Gasteiger charge is 2.30. The Labute approximate surface area is 240 Å². The lowest BCUT2D eigenvalue weighted by atomic mass is 10.1. The number of amides is 2. The smallest absolute Gasteiger partial charge is 0.379 e. The van der Waals surface area contributed by atoms with Gasteiger partial charge < -0.3 is 15.4 Å². The number of nitrogens with zero attached hydrogens (tertiary/aromatic N) is 6. The SMILES string of the molecule is Cc1cc(-c2nn(C)c3nc(NCCN4CCOCC4)ncc23)ccc1N(S)C(=O)Nc1cccc(C(F)(F)F)c1. The van der Waals surface area contributed by atoms with Crippen LogP contribution in [0.5, 0.6) is 0 Å². The summed E-state index contributed by atoms with van der Waals surface area (Å²) in [6.07, 6.45) is -2.78. The quantitative estimate of drug-likeness (QED) is 0.263. The molecule has 1 aliphatic heterocycles. The number of alkyl halides is 3. The minimum absolute atomic E-state index is 0.00746. The maximum Gasteiger partial charge on any atom is 0.416 e. The van der Waals surface area contributed by atoms with E-state index in [1.54, 1.807) is 29.9 Å². The van der Waals surface area contributed by atoms with Gasteiger partial charge in [-0.3, -0.25) is 4.90 Å². The number of carbonyl (C=O) groups is 1. The van der Waals surface area contributed by atoms with Gasteiger partial charge in [0.2, 0.25) is 5.95 Å². The molecule has 216 valence electrons. The lowest BCUT2D eigenvalue weighted by Gasteiger charge is -2.26. The lowest BCUT2D eigenvalue weighted by molar-refractivity contribution is -0.137. The van der Waals surface area contributed by atoms with Crippen LogP contribution in [-0.2, 0) is 18.0 Å². The Morgan fingerprint density at radius 3 is 2.68 bits per heavy atom. The summed E-state index contributed by atoms with van der Waals surface area (Å²) in [6, 6.07) is 9.06. The Morgan fingerprint density at radius 1 is 1.17 bits per heavy atom. The molecule has 0 unspecified atom stereocenters. The van der Waals surface area contributed by atoms with E-state index in [0.717, 1.165) is 60.2 Å². The molecule has 0 atom stereocenters. The van der Waals surface area contributed by atoms with E-state index in [9.17, 15) is 18.0 Å². The molecule has 4 aromatic rings. The molecular weight excluding hydrogens is 557 g/mol. The Kier molecular flexibility index (Phi) is 8.33. The number of carbonyl (C=O) groups excluding carboxylic acids is 1. The van der Waals surface area contributed by atoms with Crippen molar-refractivity contribution in [2.24, 2.45) is 7.05 Å². The molecule has 1 aliphatic rings. The van der Waals surface area contributed by atoms with E-state index >= 15 is 0 Å². The van der Waals surface area contributed by atoms with Crippen molar-refractivity contribution in [3.05, 3.63) is 59.8 Å². The minimum Gasteiger partial charge on any atom is -0.379 e. The number of hydrogen-bond acceptors (Lipinski definition) is 8. The zero-order valence-corrected chi connectivity index (χ0v) is 23.3. The van der Waals surface area contributed by atoms with Gasteiger partial charge in [-0.1, -0.05) is 24.9 Å². The highest BCUT2D eigenvalue weighted by atomic mass is 32.1. The molecule has 0 spiro atoms. The molecule has 1 saturated heterocycles. The number of hydrogen-bond donors (Lipinski definition) is 3. The minimum atomic E-state index is -4.52. The monoisotopic (exact) mass is 586 g/mol. The molecule has 14 heteroatoms. The van der Waals surface area contributed by atoms with Gasteiger partial charge in [-0.15, -0.1) is 0 Å². The Bertz CT molecular complexity index is 1560. The van der Waals surface area contributed by atoms with Crippen LogP contribution in [0, 0.1) is 6.92 Å². The zero-order valence-electron chi connectivity index (χ0n) is 22.4.